The van der Waals surface area contributed by atoms with Crippen molar-refractivity contribution in [1.82, 2.24) is 4.98 Å². The van der Waals surface area contributed by atoms with Crippen molar-refractivity contribution < 1.29 is 5.11 Å². The SMILES string of the molecule is CC(c1csc(N)n1)[C@H]1CC[C@H]2[C@@H]3CC[C@H]4C[C@@H](O)CC[C@]4(C)[C@H]3CC[C@]12C. The Morgan fingerprint density at radius 3 is 2.57 bits per heavy atom. The molecule has 28 heavy (non-hydrogen) atoms. The smallest absolute Gasteiger partial charge is 0.180 e. The third-order valence-corrected chi connectivity index (χ3v) is 11.0. The van der Waals surface area contributed by atoms with Crippen LogP contribution in [0.15, 0.2) is 5.38 Å². The van der Waals surface area contributed by atoms with Crippen LogP contribution in [-0.4, -0.2) is 16.2 Å². The summed E-state index contributed by atoms with van der Waals surface area (Å²) in [6.45, 7) is 7.62. The van der Waals surface area contributed by atoms with Crippen LogP contribution in [0.3, 0.4) is 0 Å². The molecular weight excluding hydrogens is 364 g/mol. The molecule has 4 aliphatic carbocycles. The Bertz CT molecular complexity index is 734. The molecule has 0 spiro atoms. The molecule has 5 rings (SSSR count). The summed E-state index contributed by atoms with van der Waals surface area (Å²) in [5.41, 5.74) is 8.12. The first-order valence-corrected chi connectivity index (χ1v) is 12.6. The van der Waals surface area contributed by atoms with E-state index in [2.05, 4.69) is 31.1 Å². The molecule has 0 radical (unpaired) electrons. The molecule has 0 aliphatic heterocycles. The number of aliphatic hydroxyl groups excluding tert-OH is 1. The summed E-state index contributed by atoms with van der Waals surface area (Å²) in [7, 11) is 0. The number of aliphatic hydroxyl groups is 1. The van der Waals surface area contributed by atoms with E-state index in [9.17, 15) is 5.11 Å². The average molecular weight is 403 g/mol. The lowest BCUT2D eigenvalue weighted by molar-refractivity contribution is -0.127. The van der Waals surface area contributed by atoms with Gasteiger partial charge in [0, 0.05) is 11.3 Å². The second kappa shape index (κ2) is 6.70. The van der Waals surface area contributed by atoms with Crippen molar-refractivity contribution in [3.63, 3.8) is 0 Å². The Morgan fingerprint density at radius 2 is 1.82 bits per heavy atom. The molecule has 0 saturated heterocycles. The van der Waals surface area contributed by atoms with Crippen LogP contribution in [0, 0.1) is 40.4 Å². The number of anilines is 1. The summed E-state index contributed by atoms with van der Waals surface area (Å²) in [6, 6.07) is 0. The average Bonchev–Trinajstić information content (AvgIpc) is 3.25. The highest BCUT2D eigenvalue weighted by molar-refractivity contribution is 7.13. The molecule has 4 fully saturated rings. The van der Waals surface area contributed by atoms with E-state index in [0.29, 0.717) is 16.7 Å². The van der Waals surface area contributed by atoms with Gasteiger partial charge in [0.15, 0.2) is 5.13 Å². The highest BCUT2D eigenvalue weighted by Crippen LogP contribution is 2.68. The van der Waals surface area contributed by atoms with Gasteiger partial charge < -0.3 is 10.8 Å². The van der Waals surface area contributed by atoms with Gasteiger partial charge in [-0.3, -0.25) is 0 Å². The largest absolute Gasteiger partial charge is 0.393 e. The Labute approximate surface area is 174 Å². The van der Waals surface area contributed by atoms with Crippen molar-refractivity contribution in [3.05, 3.63) is 11.1 Å². The van der Waals surface area contributed by atoms with Gasteiger partial charge in [0.1, 0.15) is 0 Å². The molecule has 9 atom stereocenters. The molecule has 1 aromatic heterocycles. The van der Waals surface area contributed by atoms with E-state index in [1.807, 2.05) is 0 Å². The molecule has 4 aliphatic rings. The molecule has 4 saturated carbocycles. The van der Waals surface area contributed by atoms with Gasteiger partial charge in [-0.05, 0) is 98.2 Å². The number of hydrogen-bond donors (Lipinski definition) is 2. The van der Waals surface area contributed by atoms with Gasteiger partial charge in [-0.1, -0.05) is 20.8 Å². The van der Waals surface area contributed by atoms with Crippen molar-refractivity contribution in [2.24, 2.45) is 40.4 Å². The summed E-state index contributed by atoms with van der Waals surface area (Å²) >= 11 is 1.60. The number of rotatable bonds is 2. The maximum absolute atomic E-state index is 10.2. The number of thiazole rings is 1. The predicted molar refractivity (Wildman–Crippen MR) is 116 cm³/mol. The van der Waals surface area contributed by atoms with Gasteiger partial charge in [-0.25, -0.2) is 4.98 Å². The van der Waals surface area contributed by atoms with Gasteiger partial charge >= 0.3 is 0 Å². The van der Waals surface area contributed by atoms with Crippen molar-refractivity contribution in [3.8, 4) is 0 Å². The molecule has 1 heterocycles. The highest BCUT2D eigenvalue weighted by atomic mass is 32.1. The van der Waals surface area contributed by atoms with Gasteiger partial charge in [-0.15, -0.1) is 11.3 Å². The quantitative estimate of drug-likeness (QED) is 0.652. The lowest BCUT2D eigenvalue weighted by atomic mass is 9.44. The van der Waals surface area contributed by atoms with E-state index in [1.165, 1.54) is 50.6 Å². The summed E-state index contributed by atoms with van der Waals surface area (Å²) in [5.74, 6) is 4.72. The zero-order valence-electron chi connectivity index (χ0n) is 17.9. The van der Waals surface area contributed by atoms with Crippen molar-refractivity contribution in [1.29, 1.82) is 0 Å². The van der Waals surface area contributed by atoms with E-state index in [1.54, 1.807) is 11.3 Å². The first kappa shape index (κ1) is 19.4. The minimum atomic E-state index is -0.0364. The number of hydrogen-bond acceptors (Lipinski definition) is 4. The van der Waals surface area contributed by atoms with Crippen LogP contribution in [0.25, 0.3) is 0 Å². The summed E-state index contributed by atoms with van der Waals surface area (Å²) in [4.78, 5) is 4.65. The molecule has 0 aromatic carbocycles. The molecule has 1 aromatic rings. The van der Waals surface area contributed by atoms with E-state index < -0.39 is 0 Å². The lowest BCUT2D eigenvalue weighted by Crippen LogP contribution is -2.54. The minimum Gasteiger partial charge on any atom is -0.393 e. The van der Waals surface area contributed by atoms with Crippen LogP contribution in [0.1, 0.15) is 90.2 Å². The second-order valence-corrected chi connectivity index (χ2v) is 12.1. The molecule has 0 amide bonds. The Balaban J connectivity index is 1.39. The molecule has 156 valence electrons. The highest BCUT2D eigenvalue weighted by Gasteiger charge is 2.60. The summed E-state index contributed by atoms with van der Waals surface area (Å²) in [6.07, 6.45) is 11.6. The fourth-order valence-corrected chi connectivity index (χ4v) is 9.48. The van der Waals surface area contributed by atoms with Crippen LogP contribution >= 0.6 is 11.3 Å². The van der Waals surface area contributed by atoms with Crippen LogP contribution in [0.2, 0.25) is 0 Å². The summed E-state index contributed by atoms with van der Waals surface area (Å²) < 4.78 is 0. The number of nitrogens with two attached hydrogens (primary N) is 1. The van der Waals surface area contributed by atoms with E-state index in [-0.39, 0.29) is 6.10 Å². The number of fused-ring (bicyclic) bond motifs is 5. The standard InChI is InChI=1S/C24H38N2OS/c1-14(21-13-28-22(25)26-21)18-6-7-19-17-5-4-15-12-16(27)8-10-23(15,2)20(17)9-11-24(18,19)3/h13-20,27H,4-12H2,1-3H3,(H2,25,26)/t14?,15-,16-,17-,18+,19-,20-,23-,24+/m0/s1. The van der Waals surface area contributed by atoms with Crippen LogP contribution in [0.5, 0.6) is 0 Å². The number of aromatic nitrogens is 1. The lowest BCUT2D eigenvalue weighted by Gasteiger charge is -2.61. The summed E-state index contributed by atoms with van der Waals surface area (Å²) in [5, 5.41) is 13.2. The topological polar surface area (TPSA) is 59.1 Å². The number of nitrogen functional groups attached to an aromatic ring is 1. The van der Waals surface area contributed by atoms with Crippen molar-refractivity contribution in [2.75, 3.05) is 5.73 Å². The monoisotopic (exact) mass is 402 g/mol. The third-order valence-electron chi connectivity index (χ3n) is 10.3. The van der Waals surface area contributed by atoms with Crippen molar-refractivity contribution in [2.45, 2.75) is 90.6 Å². The molecular formula is C24H38N2OS. The molecule has 3 N–H and O–H groups in total. The van der Waals surface area contributed by atoms with Crippen LogP contribution in [0.4, 0.5) is 5.13 Å². The fourth-order valence-electron chi connectivity index (χ4n) is 8.81. The zero-order chi connectivity index (χ0) is 19.7. The maximum atomic E-state index is 10.2. The van der Waals surface area contributed by atoms with Gasteiger partial charge in [0.25, 0.3) is 0 Å². The Hall–Kier alpha value is -0.610. The minimum absolute atomic E-state index is 0.0364. The molecule has 1 unspecified atom stereocenters. The second-order valence-electron chi connectivity index (χ2n) is 11.2. The van der Waals surface area contributed by atoms with Gasteiger partial charge in [0.2, 0.25) is 0 Å². The Kier molecular flexibility index (Phi) is 4.63. The van der Waals surface area contributed by atoms with Crippen LogP contribution < -0.4 is 5.73 Å². The van der Waals surface area contributed by atoms with E-state index in [0.717, 1.165) is 47.6 Å². The van der Waals surface area contributed by atoms with E-state index in [4.69, 9.17) is 5.73 Å². The number of nitrogens with zero attached hydrogens (tertiary/aromatic N) is 1. The third kappa shape index (κ3) is 2.73. The Morgan fingerprint density at radius 1 is 1.07 bits per heavy atom. The normalized spacial score (nSPS) is 49.1. The fraction of sp³-hybridized carbons (Fsp3) is 0.875. The zero-order valence-corrected chi connectivity index (χ0v) is 18.7. The molecule has 4 heteroatoms. The van der Waals surface area contributed by atoms with Gasteiger partial charge in [-0.2, -0.15) is 0 Å². The van der Waals surface area contributed by atoms with Gasteiger partial charge in [0.05, 0.1) is 11.8 Å². The molecule has 0 bridgehead atoms. The van der Waals surface area contributed by atoms with Crippen molar-refractivity contribution >= 4 is 16.5 Å². The van der Waals surface area contributed by atoms with Crippen LogP contribution in [-0.2, 0) is 0 Å². The predicted octanol–water partition coefficient (Wildman–Crippen LogP) is 5.85. The first-order valence-electron chi connectivity index (χ1n) is 11.7. The maximum Gasteiger partial charge on any atom is 0.180 e. The molecule has 3 nitrogen and oxygen atoms in total. The first-order chi connectivity index (χ1) is 13.3. The van der Waals surface area contributed by atoms with E-state index >= 15 is 0 Å².